The van der Waals surface area contributed by atoms with Gasteiger partial charge in [-0.25, -0.2) is 4.79 Å². The van der Waals surface area contributed by atoms with Gasteiger partial charge >= 0.3 is 17.9 Å². The predicted molar refractivity (Wildman–Crippen MR) is 101 cm³/mol. The zero-order valence-electron chi connectivity index (χ0n) is 15.6. The minimum absolute atomic E-state index is 0.227. The van der Waals surface area contributed by atoms with Gasteiger partial charge in [-0.3, -0.25) is 9.59 Å². The topological polar surface area (TPSA) is 151 Å². The summed E-state index contributed by atoms with van der Waals surface area (Å²) in [5, 5.41) is 23.0. The third-order valence-corrected chi connectivity index (χ3v) is 4.62. The quantitative estimate of drug-likeness (QED) is 0.335. The van der Waals surface area contributed by atoms with E-state index in [0.29, 0.717) is 5.75 Å². The van der Waals surface area contributed by atoms with E-state index in [-0.39, 0.29) is 24.5 Å². The first-order valence-corrected chi connectivity index (χ1v) is 9.35. The molecule has 0 radical (unpaired) electrons. The van der Waals surface area contributed by atoms with Crippen molar-refractivity contribution in [3.8, 4) is 5.75 Å². The van der Waals surface area contributed by atoms with Crippen LogP contribution in [0.5, 0.6) is 5.75 Å². The maximum atomic E-state index is 11.8. The van der Waals surface area contributed by atoms with E-state index < -0.39 is 18.0 Å². The number of carbonyl (C=O) groups is 3. The van der Waals surface area contributed by atoms with E-state index in [0.717, 1.165) is 44.3 Å². The fraction of sp³-hybridized carbons (Fsp3) is 0.526. The van der Waals surface area contributed by atoms with Crippen molar-refractivity contribution < 1.29 is 29.3 Å². The number of nitrogens with two attached hydrogens (primary N) is 1. The molecule has 0 spiro atoms. The Morgan fingerprint density at radius 1 is 1.04 bits per heavy atom. The van der Waals surface area contributed by atoms with E-state index in [1.54, 1.807) is 24.3 Å². The molecule has 0 aromatic heterocycles. The number of aliphatic carboxylic acids is 2. The molecule has 0 bridgehead atoms. The number of rotatable bonds is 6. The number of nitrogens with one attached hydrogen (secondary N) is 2. The second-order valence-corrected chi connectivity index (χ2v) is 6.85. The van der Waals surface area contributed by atoms with E-state index in [4.69, 9.17) is 20.7 Å². The molecule has 28 heavy (non-hydrogen) atoms. The van der Waals surface area contributed by atoms with Crippen LogP contribution in [0.1, 0.15) is 31.2 Å². The summed E-state index contributed by atoms with van der Waals surface area (Å²) in [4.78, 5) is 32.6. The van der Waals surface area contributed by atoms with Gasteiger partial charge in [-0.1, -0.05) is 12.1 Å². The molecule has 3 rings (SSSR count). The number of hydrogen-bond donors (Lipinski definition) is 5. The highest BCUT2D eigenvalue weighted by Gasteiger charge is 2.24. The molecule has 154 valence electrons. The summed E-state index contributed by atoms with van der Waals surface area (Å²) in [7, 11) is 0. The van der Waals surface area contributed by atoms with Crippen LogP contribution >= 0.6 is 0 Å². The van der Waals surface area contributed by atoms with Gasteiger partial charge in [-0.2, -0.15) is 0 Å². The van der Waals surface area contributed by atoms with Crippen molar-refractivity contribution in [1.82, 2.24) is 10.6 Å². The molecule has 2 saturated heterocycles. The molecule has 9 nitrogen and oxygen atoms in total. The molecule has 9 heteroatoms. The van der Waals surface area contributed by atoms with Crippen LogP contribution in [-0.4, -0.2) is 59.3 Å². The van der Waals surface area contributed by atoms with Crippen LogP contribution in [0.4, 0.5) is 0 Å². The standard InChI is InChI=1S/C14H18N2O4.C5H9NO2/c15-11(13(17)18)8-9-3-5-10(6-4-9)20-14(19)12-2-1-7-16-12;7-5(8)4-2-1-3-6-4/h3-6,11-12,16H,1-2,7-8,15H2,(H,17,18);4,6H,1-3H2,(H,7,8)/t11-,12-;4-/m00/s1. The third-order valence-electron chi connectivity index (χ3n) is 4.62. The van der Waals surface area contributed by atoms with Crippen LogP contribution in [0, 0.1) is 0 Å². The minimum atomic E-state index is -1.03. The number of benzene rings is 1. The Hall–Kier alpha value is -2.49. The molecular formula is C19H27N3O6. The summed E-state index contributed by atoms with van der Waals surface area (Å²) in [5.41, 5.74) is 6.25. The lowest BCUT2D eigenvalue weighted by molar-refractivity contribution is -0.139. The van der Waals surface area contributed by atoms with Gasteiger partial charge in [0.15, 0.2) is 0 Å². The lowest BCUT2D eigenvalue weighted by Crippen LogP contribution is -2.34. The van der Waals surface area contributed by atoms with Gasteiger partial charge in [0.1, 0.15) is 23.9 Å². The highest BCUT2D eigenvalue weighted by molar-refractivity contribution is 5.78. The zero-order valence-corrected chi connectivity index (χ0v) is 15.6. The van der Waals surface area contributed by atoms with Crippen molar-refractivity contribution in [2.45, 2.75) is 50.2 Å². The van der Waals surface area contributed by atoms with Crippen molar-refractivity contribution in [1.29, 1.82) is 0 Å². The number of hydrogen-bond acceptors (Lipinski definition) is 7. The van der Waals surface area contributed by atoms with E-state index in [9.17, 15) is 14.4 Å². The maximum absolute atomic E-state index is 11.8. The molecule has 1 aromatic carbocycles. The van der Waals surface area contributed by atoms with Gasteiger partial charge in [-0.05, 0) is 62.9 Å². The molecular weight excluding hydrogens is 366 g/mol. The summed E-state index contributed by atoms with van der Waals surface area (Å²) in [5.74, 6) is -1.58. The first kappa shape index (κ1) is 21.8. The molecule has 2 fully saturated rings. The SMILES string of the molecule is N[C@@H](Cc1ccc(OC(=O)[C@@H]2CCCN2)cc1)C(=O)O.O=C(O)[C@@H]1CCCN1. The molecule has 0 aliphatic carbocycles. The summed E-state index contributed by atoms with van der Waals surface area (Å²) >= 11 is 0. The fourth-order valence-corrected chi connectivity index (χ4v) is 3.00. The third kappa shape index (κ3) is 6.91. The Bertz CT molecular complexity index is 667. The van der Waals surface area contributed by atoms with Crippen molar-refractivity contribution in [3.63, 3.8) is 0 Å². The number of esters is 1. The lowest BCUT2D eigenvalue weighted by Gasteiger charge is -2.11. The second kappa shape index (κ2) is 10.7. The molecule has 0 unspecified atom stereocenters. The Labute approximate surface area is 163 Å². The Morgan fingerprint density at radius 3 is 2.04 bits per heavy atom. The molecule has 0 amide bonds. The van der Waals surface area contributed by atoms with Crippen molar-refractivity contribution >= 4 is 17.9 Å². The Balaban J connectivity index is 0.000000292. The predicted octanol–water partition coefficient (Wildman–Crippen LogP) is 0.121. The van der Waals surface area contributed by atoms with E-state index in [1.807, 2.05) is 0 Å². The van der Waals surface area contributed by atoms with Crippen LogP contribution in [0.3, 0.4) is 0 Å². The summed E-state index contributed by atoms with van der Waals surface area (Å²) < 4.78 is 5.26. The van der Waals surface area contributed by atoms with E-state index >= 15 is 0 Å². The lowest BCUT2D eigenvalue weighted by atomic mass is 10.1. The molecule has 2 aliphatic heterocycles. The smallest absolute Gasteiger partial charge is 0.328 e. The van der Waals surface area contributed by atoms with E-state index in [2.05, 4.69) is 10.6 Å². The van der Waals surface area contributed by atoms with Crippen LogP contribution in [0.15, 0.2) is 24.3 Å². The molecule has 1 aromatic rings. The number of carboxylic acid groups (broad SMARTS) is 2. The molecule has 3 atom stereocenters. The second-order valence-electron chi connectivity index (χ2n) is 6.85. The molecule has 0 saturated carbocycles. The van der Waals surface area contributed by atoms with E-state index in [1.165, 1.54) is 0 Å². The van der Waals surface area contributed by atoms with Gasteiger partial charge in [-0.15, -0.1) is 0 Å². The van der Waals surface area contributed by atoms with Crippen LogP contribution in [-0.2, 0) is 20.8 Å². The maximum Gasteiger partial charge on any atom is 0.328 e. The first-order chi connectivity index (χ1) is 13.4. The van der Waals surface area contributed by atoms with Crippen LogP contribution in [0.25, 0.3) is 0 Å². The van der Waals surface area contributed by atoms with Crippen molar-refractivity contribution in [2.75, 3.05) is 13.1 Å². The van der Waals surface area contributed by atoms with Gasteiger partial charge in [0, 0.05) is 0 Å². The average Bonchev–Trinajstić information content (AvgIpc) is 3.38. The van der Waals surface area contributed by atoms with Gasteiger partial charge < -0.3 is 31.3 Å². The summed E-state index contributed by atoms with van der Waals surface area (Å²) in [6, 6.07) is 5.31. The van der Waals surface area contributed by atoms with Crippen LogP contribution < -0.4 is 21.1 Å². The van der Waals surface area contributed by atoms with Crippen LogP contribution in [0.2, 0.25) is 0 Å². The number of carbonyl (C=O) groups excluding carboxylic acids is 1. The number of carboxylic acids is 2. The Morgan fingerprint density at radius 2 is 1.61 bits per heavy atom. The fourth-order valence-electron chi connectivity index (χ4n) is 3.00. The largest absolute Gasteiger partial charge is 0.480 e. The van der Waals surface area contributed by atoms with Gasteiger partial charge in [0.25, 0.3) is 0 Å². The minimum Gasteiger partial charge on any atom is -0.480 e. The van der Waals surface area contributed by atoms with Gasteiger partial charge in [0.05, 0.1) is 0 Å². The van der Waals surface area contributed by atoms with Crippen molar-refractivity contribution in [2.24, 2.45) is 5.73 Å². The monoisotopic (exact) mass is 393 g/mol. The molecule has 6 N–H and O–H groups in total. The summed E-state index contributed by atoms with van der Waals surface area (Å²) in [6.45, 7) is 1.70. The molecule has 2 aliphatic rings. The highest BCUT2D eigenvalue weighted by atomic mass is 16.5. The molecule has 2 heterocycles. The number of ether oxygens (including phenoxy) is 1. The Kier molecular flexibility index (Phi) is 8.37. The normalized spacial score (nSPS) is 22.0. The summed E-state index contributed by atoms with van der Waals surface area (Å²) in [6.07, 6.45) is 3.80. The highest BCUT2D eigenvalue weighted by Crippen LogP contribution is 2.15. The zero-order chi connectivity index (χ0) is 20.5. The van der Waals surface area contributed by atoms with Gasteiger partial charge in [0.2, 0.25) is 0 Å². The average molecular weight is 393 g/mol. The first-order valence-electron chi connectivity index (χ1n) is 9.35. The van der Waals surface area contributed by atoms with Crippen molar-refractivity contribution in [3.05, 3.63) is 29.8 Å².